The van der Waals surface area contributed by atoms with Crippen molar-refractivity contribution in [1.29, 1.82) is 0 Å². The lowest BCUT2D eigenvalue weighted by Gasteiger charge is -2.48. The zero-order valence-corrected chi connectivity index (χ0v) is 35.6. The molecule has 4 aromatic rings. The summed E-state index contributed by atoms with van der Waals surface area (Å²) in [4.78, 5) is 58.4. The molecule has 2 aromatic heterocycles. The van der Waals surface area contributed by atoms with Gasteiger partial charge in [0.05, 0.1) is 28.6 Å². The number of halogens is 1. The maximum absolute atomic E-state index is 15.8. The molecule has 1 saturated carbocycles. The van der Waals surface area contributed by atoms with E-state index in [1.807, 2.05) is 41.5 Å². The van der Waals surface area contributed by atoms with E-state index >= 15 is 9.18 Å². The maximum atomic E-state index is 15.8. The van der Waals surface area contributed by atoms with Crippen LogP contribution >= 0.6 is 0 Å². The predicted octanol–water partition coefficient (Wildman–Crippen LogP) is 7.15. The van der Waals surface area contributed by atoms with Gasteiger partial charge in [0.15, 0.2) is 5.82 Å². The van der Waals surface area contributed by atoms with Crippen LogP contribution in [0.15, 0.2) is 54.4 Å². The first kappa shape index (κ1) is 40.3. The highest BCUT2D eigenvalue weighted by atomic mass is 19.1. The molecule has 3 N–H and O–H groups in total. The fraction of sp³-hybridized carbons (Fsp3) is 0.511. The standard InChI is InChI=1S/C47H58FN9O3/c1-28(2)51-44(58)35-25-39(37(48)21-30(35)5)53-43-42-40(50-27-56(42)29(3)4)26-38(52-43)32-9-10-36-41(22-32)57(34-23-33(24-34)54-17-7-6-8-18-54)46(60)47(36)13-19-55(20-14-47)45(59)31-11-15-49-16-12-31/h9-11,21-22,25-29,33-34,49H,6-8,12-20,23-24H2,1-5H3,(H,51,58)(H,52,53). The molecular weight excluding hydrogens is 758 g/mol. The Hall–Kier alpha value is -5.14. The normalized spacial score (nSPS) is 21.7. The fourth-order valence-electron chi connectivity index (χ4n) is 10.2. The molecule has 0 bridgehead atoms. The second-order valence-corrected chi connectivity index (χ2v) is 18.2. The van der Waals surface area contributed by atoms with Crippen molar-refractivity contribution in [2.24, 2.45) is 0 Å². The van der Waals surface area contributed by atoms with Crippen molar-refractivity contribution < 1.29 is 18.8 Å². The number of benzene rings is 2. The molecule has 5 aliphatic rings. The average Bonchev–Trinajstić information content (AvgIpc) is 3.76. The topological polar surface area (TPSA) is 128 Å². The molecule has 13 heteroatoms. The van der Waals surface area contributed by atoms with Gasteiger partial charge >= 0.3 is 0 Å². The lowest BCUT2D eigenvalue weighted by Crippen LogP contribution is -2.58. The Balaban J connectivity index is 1.08. The lowest BCUT2D eigenvalue weighted by molar-refractivity contribution is -0.133. The second kappa shape index (κ2) is 16.0. The third-order valence-corrected chi connectivity index (χ3v) is 13.6. The third kappa shape index (κ3) is 7.17. The molecule has 2 saturated heterocycles. The molecule has 0 radical (unpaired) electrons. The van der Waals surface area contributed by atoms with Gasteiger partial charge in [-0.25, -0.2) is 14.4 Å². The number of piperidine rings is 2. The van der Waals surface area contributed by atoms with Crippen LogP contribution in [0.1, 0.15) is 107 Å². The van der Waals surface area contributed by atoms with E-state index in [-0.39, 0.29) is 41.5 Å². The number of aryl methyl sites for hydroxylation is 1. The maximum Gasteiger partial charge on any atom is 0.251 e. The summed E-state index contributed by atoms with van der Waals surface area (Å²) in [6.07, 6.45) is 11.3. The summed E-state index contributed by atoms with van der Waals surface area (Å²) >= 11 is 0. The molecule has 2 aromatic carbocycles. The highest BCUT2D eigenvalue weighted by molar-refractivity contribution is 6.10. The molecular formula is C47H58FN9O3. The van der Waals surface area contributed by atoms with Crippen molar-refractivity contribution in [3.63, 3.8) is 0 Å². The van der Waals surface area contributed by atoms with Crippen LogP contribution in [0.2, 0.25) is 0 Å². The van der Waals surface area contributed by atoms with Gasteiger partial charge in [0.25, 0.3) is 5.91 Å². The number of carbonyl (C=O) groups excluding carboxylic acids is 3. The van der Waals surface area contributed by atoms with E-state index < -0.39 is 11.2 Å². The number of imidazole rings is 1. The number of amides is 3. The Morgan fingerprint density at radius 2 is 1.73 bits per heavy atom. The molecule has 0 atom stereocenters. The van der Waals surface area contributed by atoms with E-state index in [4.69, 9.17) is 9.97 Å². The quantitative estimate of drug-likeness (QED) is 0.163. The number of hydrogen-bond acceptors (Lipinski definition) is 8. The fourth-order valence-corrected chi connectivity index (χ4v) is 10.2. The summed E-state index contributed by atoms with van der Waals surface area (Å²) in [5.41, 5.74) is 6.05. The smallest absolute Gasteiger partial charge is 0.251 e. The Bertz CT molecular complexity index is 2370. The van der Waals surface area contributed by atoms with Crippen LogP contribution in [0, 0.1) is 12.7 Å². The van der Waals surface area contributed by atoms with E-state index in [9.17, 15) is 9.59 Å². The first-order chi connectivity index (χ1) is 28.9. The molecule has 3 amide bonds. The van der Waals surface area contributed by atoms with Crippen molar-refractivity contribution >= 4 is 45.9 Å². The number of rotatable bonds is 9. The van der Waals surface area contributed by atoms with Gasteiger partial charge in [-0.3, -0.25) is 14.4 Å². The highest BCUT2D eigenvalue weighted by Crippen LogP contribution is 2.52. The van der Waals surface area contributed by atoms with Crippen molar-refractivity contribution in [2.75, 3.05) is 49.5 Å². The van der Waals surface area contributed by atoms with Gasteiger partial charge < -0.3 is 35.2 Å². The Kier molecular flexibility index (Phi) is 10.8. The molecule has 60 heavy (non-hydrogen) atoms. The molecule has 4 aliphatic heterocycles. The van der Waals surface area contributed by atoms with Gasteiger partial charge in [-0.15, -0.1) is 0 Å². The zero-order chi connectivity index (χ0) is 41.9. The van der Waals surface area contributed by atoms with E-state index in [1.54, 1.807) is 19.3 Å². The van der Waals surface area contributed by atoms with E-state index in [1.165, 1.54) is 25.3 Å². The van der Waals surface area contributed by atoms with Crippen LogP contribution in [0.3, 0.4) is 0 Å². The lowest BCUT2D eigenvalue weighted by atomic mass is 9.73. The number of nitrogens with zero attached hydrogens (tertiary/aromatic N) is 6. The minimum Gasteiger partial charge on any atom is -0.350 e. The zero-order valence-electron chi connectivity index (χ0n) is 35.6. The van der Waals surface area contributed by atoms with Gasteiger partial charge in [-0.1, -0.05) is 24.6 Å². The van der Waals surface area contributed by atoms with Crippen molar-refractivity contribution in [1.82, 2.24) is 35.0 Å². The SMILES string of the molecule is Cc1cc(F)c(Nc2nc(-c3ccc4c(c3)N(C3CC(N5CCCCC5)C3)C(=O)C43CCN(C(=O)C4=CCNCC4)CC3)cc3ncn(C(C)C)c23)cc1C(=O)NC(C)C. The highest BCUT2D eigenvalue weighted by Gasteiger charge is 2.56. The molecule has 316 valence electrons. The minimum absolute atomic E-state index is 0.0450. The first-order valence-corrected chi connectivity index (χ1v) is 22.1. The molecule has 3 fully saturated rings. The van der Waals surface area contributed by atoms with E-state index in [0.29, 0.717) is 66.7 Å². The van der Waals surface area contributed by atoms with Crippen LogP contribution in [0.5, 0.6) is 0 Å². The summed E-state index contributed by atoms with van der Waals surface area (Å²) in [5, 5.41) is 9.49. The van der Waals surface area contributed by atoms with Crippen LogP contribution in [0.25, 0.3) is 22.3 Å². The number of likely N-dealkylation sites (tertiary alicyclic amines) is 2. The largest absolute Gasteiger partial charge is 0.350 e. The summed E-state index contributed by atoms with van der Waals surface area (Å²) in [5.74, 6) is -0.103. The Morgan fingerprint density at radius 1 is 0.967 bits per heavy atom. The Morgan fingerprint density at radius 3 is 2.43 bits per heavy atom. The molecule has 1 aliphatic carbocycles. The number of aromatic nitrogens is 3. The molecule has 0 unspecified atom stereocenters. The van der Waals surface area contributed by atoms with Crippen molar-refractivity contribution in [2.45, 2.75) is 116 Å². The van der Waals surface area contributed by atoms with Gasteiger partial charge in [0.2, 0.25) is 11.8 Å². The summed E-state index contributed by atoms with van der Waals surface area (Å²) in [6, 6.07) is 11.7. The van der Waals surface area contributed by atoms with Crippen LogP contribution in [-0.4, -0.2) is 99.5 Å². The molecule has 1 spiro atoms. The number of hydrogen-bond donors (Lipinski definition) is 3. The van der Waals surface area contributed by atoms with E-state index in [0.717, 1.165) is 66.8 Å². The predicted molar refractivity (Wildman–Crippen MR) is 233 cm³/mol. The molecule has 6 heterocycles. The van der Waals surface area contributed by atoms with Crippen molar-refractivity contribution in [3.8, 4) is 11.3 Å². The third-order valence-electron chi connectivity index (χ3n) is 13.6. The van der Waals surface area contributed by atoms with E-state index in [2.05, 4.69) is 51.7 Å². The van der Waals surface area contributed by atoms with Gasteiger partial charge in [0.1, 0.15) is 11.3 Å². The van der Waals surface area contributed by atoms with Gasteiger partial charge in [-0.05, 0) is 135 Å². The number of fused-ring (bicyclic) bond motifs is 3. The summed E-state index contributed by atoms with van der Waals surface area (Å²) < 4.78 is 17.8. The number of nitrogens with one attached hydrogen (secondary N) is 3. The first-order valence-electron chi connectivity index (χ1n) is 22.1. The average molecular weight is 816 g/mol. The number of carbonyl (C=O) groups is 3. The second-order valence-electron chi connectivity index (χ2n) is 18.2. The van der Waals surface area contributed by atoms with Gasteiger partial charge in [0, 0.05) is 66.2 Å². The van der Waals surface area contributed by atoms with Crippen LogP contribution in [-0.2, 0) is 15.0 Å². The number of pyridine rings is 1. The summed E-state index contributed by atoms with van der Waals surface area (Å²) in [6.45, 7) is 14.5. The van der Waals surface area contributed by atoms with Crippen molar-refractivity contribution in [3.05, 3.63) is 76.9 Å². The van der Waals surface area contributed by atoms with Crippen LogP contribution < -0.4 is 20.9 Å². The number of anilines is 3. The monoisotopic (exact) mass is 815 g/mol. The Labute approximate surface area is 352 Å². The minimum atomic E-state index is -0.702. The van der Waals surface area contributed by atoms with Gasteiger partial charge in [-0.2, -0.15) is 0 Å². The summed E-state index contributed by atoms with van der Waals surface area (Å²) in [7, 11) is 0. The molecule has 12 nitrogen and oxygen atoms in total. The molecule has 9 rings (SSSR count). The van der Waals surface area contributed by atoms with Crippen LogP contribution in [0.4, 0.5) is 21.6 Å².